The number of ether oxygens (including phenoxy) is 1. The zero-order chi connectivity index (χ0) is 16.8. The second kappa shape index (κ2) is 8.15. The number of anilines is 1. The van der Waals surface area contributed by atoms with Crippen LogP contribution in [-0.4, -0.2) is 26.7 Å². The molecule has 3 rings (SSSR count). The standard InChI is InChI=1S/C20H25FN2O/c1-24-20-10-3-2-7-16(20)11-12-22-15-17-18(21)8-6-9-19(17)23-13-4-5-14-23/h2-3,6-10,22H,4-5,11-15H2,1H3. The Bertz CT molecular complexity index is 668. The van der Waals surface area contributed by atoms with Crippen molar-refractivity contribution in [1.29, 1.82) is 0 Å². The molecule has 0 bridgehead atoms. The van der Waals surface area contributed by atoms with Crippen molar-refractivity contribution in [2.24, 2.45) is 0 Å². The topological polar surface area (TPSA) is 24.5 Å². The van der Waals surface area contributed by atoms with Gasteiger partial charge in [-0.25, -0.2) is 4.39 Å². The van der Waals surface area contributed by atoms with Crippen molar-refractivity contribution in [3.63, 3.8) is 0 Å². The van der Waals surface area contributed by atoms with Crippen molar-refractivity contribution < 1.29 is 9.13 Å². The van der Waals surface area contributed by atoms with Crippen LogP contribution < -0.4 is 15.0 Å². The molecule has 128 valence electrons. The number of methoxy groups -OCH3 is 1. The lowest BCUT2D eigenvalue weighted by Gasteiger charge is -2.22. The fourth-order valence-corrected chi connectivity index (χ4v) is 3.32. The number of hydrogen-bond donors (Lipinski definition) is 1. The Balaban J connectivity index is 1.60. The van der Waals surface area contributed by atoms with Crippen molar-refractivity contribution in [3.8, 4) is 5.75 Å². The fraction of sp³-hybridized carbons (Fsp3) is 0.400. The first-order valence-corrected chi connectivity index (χ1v) is 8.64. The van der Waals surface area contributed by atoms with Gasteiger partial charge in [-0.3, -0.25) is 0 Å². The maximum Gasteiger partial charge on any atom is 0.129 e. The Morgan fingerprint density at radius 2 is 1.88 bits per heavy atom. The van der Waals surface area contributed by atoms with E-state index in [4.69, 9.17) is 4.74 Å². The molecule has 0 aliphatic carbocycles. The number of rotatable bonds is 7. The molecule has 0 unspecified atom stereocenters. The molecule has 0 amide bonds. The average molecular weight is 328 g/mol. The maximum absolute atomic E-state index is 14.3. The lowest BCUT2D eigenvalue weighted by Crippen LogP contribution is -2.23. The monoisotopic (exact) mass is 328 g/mol. The molecule has 1 N–H and O–H groups in total. The summed E-state index contributed by atoms with van der Waals surface area (Å²) in [4.78, 5) is 2.29. The van der Waals surface area contributed by atoms with Crippen molar-refractivity contribution in [2.75, 3.05) is 31.6 Å². The summed E-state index contributed by atoms with van der Waals surface area (Å²) >= 11 is 0. The molecule has 2 aromatic carbocycles. The third-order valence-electron chi connectivity index (χ3n) is 4.61. The van der Waals surface area contributed by atoms with E-state index in [1.54, 1.807) is 19.2 Å². The van der Waals surface area contributed by atoms with Gasteiger partial charge < -0.3 is 15.0 Å². The minimum atomic E-state index is -0.121. The van der Waals surface area contributed by atoms with Gasteiger partial charge in [-0.05, 0) is 49.6 Å². The van der Waals surface area contributed by atoms with E-state index in [-0.39, 0.29) is 5.82 Å². The molecule has 1 saturated heterocycles. The number of nitrogens with one attached hydrogen (secondary N) is 1. The molecule has 0 radical (unpaired) electrons. The molecular formula is C20H25FN2O. The summed E-state index contributed by atoms with van der Waals surface area (Å²) in [7, 11) is 1.69. The van der Waals surface area contributed by atoms with E-state index < -0.39 is 0 Å². The van der Waals surface area contributed by atoms with E-state index in [0.29, 0.717) is 6.54 Å². The Morgan fingerprint density at radius 3 is 2.67 bits per heavy atom. The predicted octanol–water partition coefficient (Wildman–Crippen LogP) is 3.77. The second-order valence-electron chi connectivity index (χ2n) is 6.17. The molecule has 0 atom stereocenters. The normalized spacial score (nSPS) is 14.2. The molecule has 1 aliphatic rings. The summed E-state index contributed by atoms with van der Waals surface area (Å²) in [5.41, 5.74) is 2.98. The van der Waals surface area contributed by atoms with Crippen LogP contribution in [0.5, 0.6) is 5.75 Å². The summed E-state index contributed by atoms with van der Waals surface area (Å²) in [6, 6.07) is 13.4. The summed E-state index contributed by atoms with van der Waals surface area (Å²) in [6.45, 7) is 3.39. The molecule has 24 heavy (non-hydrogen) atoms. The van der Waals surface area contributed by atoms with Gasteiger partial charge in [0.1, 0.15) is 11.6 Å². The summed E-state index contributed by atoms with van der Waals surface area (Å²) in [5, 5.41) is 3.38. The van der Waals surface area contributed by atoms with Gasteiger partial charge in [-0.15, -0.1) is 0 Å². The second-order valence-corrected chi connectivity index (χ2v) is 6.17. The SMILES string of the molecule is COc1ccccc1CCNCc1c(F)cccc1N1CCCC1. The third kappa shape index (κ3) is 3.88. The first-order valence-electron chi connectivity index (χ1n) is 8.64. The van der Waals surface area contributed by atoms with Gasteiger partial charge in [-0.2, -0.15) is 0 Å². The molecular weight excluding hydrogens is 303 g/mol. The zero-order valence-electron chi connectivity index (χ0n) is 14.2. The quantitative estimate of drug-likeness (QED) is 0.783. The zero-order valence-corrected chi connectivity index (χ0v) is 14.2. The number of halogens is 1. The van der Waals surface area contributed by atoms with Crippen molar-refractivity contribution >= 4 is 5.69 Å². The van der Waals surface area contributed by atoms with Crippen LogP contribution in [0.3, 0.4) is 0 Å². The van der Waals surface area contributed by atoms with Gasteiger partial charge >= 0.3 is 0 Å². The Kier molecular flexibility index (Phi) is 5.70. The van der Waals surface area contributed by atoms with Crippen LogP contribution in [0, 0.1) is 5.82 Å². The molecule has 2 aromatic rings. The Morgan fingerprint density at radius 1 is 1.08 bits per heavy atom. The first-order chi connectivity index (χ1) is 11.8. The van der Waals surface area contributed by atoms with Gasteiger partial charge in [0.15, 0.2) is 0 Å². The van der Waals surface area contributed by atoms with Crippen molar-refractivity contribution in [1.82, 2.24) is 5.32 Å². The Hall–Kier alpha value is -2.07. The highest BCUT2D eigenvalue weighted by molar-refractivity contribution is 5.54. The van der Waals surface area contributed by atoms with Crippen LogP contribution in [0.25, 0.3) is 0 Å². The smallest absolute Gasteiger partial charge is 0.129 e. The molecule has 1 aliphatic heterocycles. The molecule has 0 aromatic heterocycles. The number of para-hydroxylation sites is 1. The predicted molar refractivity (Wildman–Crippen MR) is 96.3 cm³/mol. The minimum absolute atomic E-state index is 0.121. The number of benzene rings is 2. The summed E-state index contributed by atoms with van der Waals surface area (Å²) in [5.74, 6) is 0.784. The molecule has 0 spiro atoms. The van der Waals surface area contributed by atoms with Gasteiger partial charge in [0.25, 0.3) is 0 Å². The molecule has 1 heterocycles. The third-order valence-corrected chi connectivity index (χ3v) is 4.61. The molecule has 1 fully saturated rings. The molecule has 0 saturated carbocycles. The average Bonchev–Trinajstić information content (AvgIpc) is 3.14. The van der Waals surface area contributed by atoms with Crippen molar-refractivity contribution in [2.45, 2.75) is 25.8 Å². The largest absolute Gasteiger partial charge is 0.496 e. The van der Waals surface area contributed by atoms with Crippen LogP contribution in [-0.2, 0) is 13.0 Å². The van der Waals surface area contributed by atoms with E-state index >= 15 is 0 Å². The highest BCUT2D eigenvalue weighted by Gasteiger charge is 2.17. The van der Waals surface area contributed by atoms with Gasteiger partial charge in [-0.1, -0.05) is 24.3 Å². The van der Waals surface area contributed by atoms with E-state index in [1.807, 2.05) is 24.3 Å². The first kappa shape index (κ1) is 16.8. The molecule has 4 heteroatoms. The minimum Gasteiger partial charge on any atom is -0.496 e. The van der Waals surface area contributed by atoms with Crippen LogP contribution in [0.4, 0.5) is 10.1 Å². The highest BCUT2D eigenvalue weighted by Crippen LogP contribution is 2.26. The number of nitrogens with zero attached hydrogens (tertiary/aromatic N) is 1. The highest BCUT2D eigenvalue weighted by atomic mass is 19.1. The molecule has 3 nitrogen and oxygen atoms in total. The van der Waals surface area contributed by atoms with Gasteiger partial charge in [0.2, 0.25) is 0 Å². The van der Waals surface area contributed by atoms with Crippen molar-refractivity contribution in [3.05, 3.63) is 59.4 Å². The Labute approximate surface area is 143 Å². The fourth-order valence-electron chi connectivity index (χ4n) is 3.32. The van der Waals surface area contributed by atoms with Crippen LogP contribution >= 0.6 is 0 Å². The van der Waals surface area contributed by atoms with Gasteiger partial charge in [0, 0.05) is 30.9 Å². The lowest BCUT2D eigenvalue weighted by molar-refractivity contribution is 0.409. The van der Waals surface area contributed by atoms with Crippen LogP contribution in [0.1, 0.15) is 24.0 Å². The number of hydrogen-bond acceptors (Lipinski definition) is 3. The lowest BCUT2D eigenvalue weighted by atomic mass is 10.1. The van der Waals surface area contributed by atoms with E-state index in [0.717, 1.165) is 43.1 Å². The van der Waals surface area contributed by atoms with Crippen LogP contribution in [0.2, 0.25) is 0 Å². The van der Waals surface area contributed by atoms with E-state index in [9.17, 15) is 4.39 Å². The van der Waals surface area contributed by atoms with Gasteiger partial charge in [0.05, 0.1) is 7.11 Å². The maximum atomic E-state index is 14.3. The van der Waals surface area contributed by atoms with E-state index in [2.05, 4.69) is 16.3 Å². The van der Waals surface area contributed by atoms with E-state index in [1.165, 1.54) is 18.4 Å². The van der Waals surface area contributed by atoms with Crippen LogP contribution in [0.15, 0.2) is 42.5 Å². The summed E-state index contributed by atoms with van der Waals surface area (Å²) in [6.07, 6.45) is 3.24. The summed E-state index contributed by atoms with van der Waals surface area (Å²) < 4.78 is 19.7.